The average Bonchev–Trinajstić information content (AvgIpc) is 2.39. The van der Waals surface area contributed by atoms with Crippen molar-refractivity contribution in [1.29, 1.82) is 0 Å². The molecule has 0 aliphatic rings. The van der Waals surface area contributed by atoms with Crippen LogP contribution in [0.4, 0.5) is 10.5 Å². The Hall–Kier alpha value is -2.24. The van der Waals surface area contributed by atoms with Crippen LogP contribution in [0.5, 0.6) is 5.75 Å². The summed E-state index contributed by atoms with van der Waals surface area (Å²) in [7, 11) is 2.83. The standard InChI is InChI=1S/C12H16N2O4/c1-17-10-6-4-3-5-9(10)14-12(16)13-8-7-11(15)18-2/h3-6H,7-8H2,1-2H3,(H2,13,14,16). The Morgan fingerprint density at radius 1 is 1.22 bits per heavy atom. The number of esters is 1. The summed E-state index contributed by atoms with van der Waals surface area (Å²) in [4.78, 5) is 22.4. The van der Waals surface area contributed by atoms with Crippen LogP contribution in [-0.4, -0.2) is 32.8 Å². The van der Waals surface area contributed by atoms with E-state index >= 15 is 0 Å². The van der Waals surface area contributed by atoms with Crippen molar-refractivity contribution in [3.05, 3.63) is 24.3 Å². The van der Waals surface area contributed by atoms with Gasteiger partial charge in [0.2, 0.25) is 0 Å². The van der Waals surface area contributed by atoms with Crippen LogP contribution in [0.2, 0.25) is 0 Å². The number of para-hydroxylation sites is 2. The number of nitrogens with one attached hydrogen (secondary N) is 2. The number of hydrogen-bond donors (Lipinski definition) is 2. The van der Waals surface area contributed by atoms with Gasteiger partial charge in [0.05, 0.1) is 26.3 Å². The van der Waals surface area contributed by atoms with Crippen molar-refractivity contribution in [3.63, 3.8) is 0 Å². The molecule has 98 valence electrons. The fourth-order valence-electron chi connectivity index (χ4n) is 1.29. The molecule has 1 aromatic carbocycles. The molecule has 0 saturated heterocycles. The third kappa shape index (κ3) is 4.32. The number of anilines is 1. The lowest BCUT2D eigenvalue weighted by Gasteiger charge is -2.10. The lowest BCUT2D eigenvalue weighted by Crippen LogP contribution is -2.30. The van der Waals surface area contributed by atoms with Crippen LogP contribution in [0.3, 0.4) is 0 Å². The van der Waals surface area contributed by atoms with Crippen molar-refractivity contribution in [2.75, 3.05) is 26.1 Å². The smallest absolute Gasteiger partial charge is 0.319 e. The van der Waals surface area contributed by atoms with Gasteiger partial charge in [0.1, 0.15) is 5.75 Å². The second-order valence-electron chi connectivity index (χ2n) is 3.41. The van der Waals surface area contributed by atoms with Crippen molar-refractivity contribution in [2.24, 2.45) is 0 Å². The lowest BCUT2D eigenvalue weighted by atomic mass is 10.3. The number of amides is 2. The summed E-state index contributed by atoms with van der Waals surface area (Å²) >= 11 is 0. The van der Waals surface area contributed by atoms with Gasteiger partial charge < -0.3 is 20.1 Å². The summed E-state index contributed by atoms with van der Waals surface area (Å²) in [5.41, 5.74) is 0.565. The molecule has 0 saturated carbocycles. The summed E-state index contributed by atoms with van der Waals surface area (Å²) in [5.74, 6) is 0.202. The number of ether oxygens (including phenoxy) is 2. The van der Waals surface area contributed by atoms with E-state index in [-0.39, 0.29) is 18.9 Å². The number of hydrogen-bond acceptors (Lipinski definition) is 4. The molecule has 6 heteroatoms. The van der Waals surface area contributed by atoms with Gasteiger partial charge in [-0.05, 0) is 12.1 Å². The van der Waals surface area contributed by atoms with Crippen LogP contribution in [0.1, 0.15) is 6.42 Å². The predicted molar refractivity (Wildman–Crippen MR) is 66.6 cm³/mol. The number of carbonyl (C=O) groups excluding carboxylic acids is 2. The third-order valence-electron chi connectivity index (χ3n) is 2.20. The minimum atomic E-state index is -0.400. The highest BCUT2D eigenvalue weighted by Gasteiger charge is 2.06. The molecule has 1 rings (SSSR count). The number of carbonyl (C=O) groups is 2. The lowest BCUT2D eigenvalue weighted by molar-refractivity contribution is -0.140. The van der Waals surface area contributed by atoms with E-state index in [0.717, 1.165) is 0 Å². The highest BCUT2D eigenvalue weighted by molar-refractivity contribution is 5.91. The Labute approximate surface area is 105 Å². The van der Waals surface area contributed by atoms with Gasteiger partial charge in [-0.25, -0.2) is 4.79 Å². The second kappa shape index (κ2) is 7.16. The fraction of sp³-hybridized carbons (Fsp3) is 0.333. The van der Waals surface area contributed by atoms with E-state index < -0.39 is 6.03 Å². The van der Waals surface area contributed by atoms with E-state index in [9.17, 15) is 9.59 Å². The van der Waals surface area contributed by atoms with Crippen molar-refractivity contribution < 1.29 is 19.1 Å². The zero-order valence-corrected chi connectivity index (χ0v) is 10.4. The molecule has 0 aliphatic heterocycles. The Morgan fingerprint density at radius 3 is 2.61 bits per heavy atom. The molecule has 0 bridgehead atoms. The van der Waals surface area contributed by atoms with Crippen molar-refractivity contribution >= 4 is 17.7 Å². The summed E-state index contributed by atoms with van der Waals surface area (Å²) in [5, 5.41) is 5.17. The van der Waals surface area contributed by atoms with Crippen molar-refractivity contribution in [1.82, 2.24) is 5.32 Å². The van der Waals surface area contributed by atoms with Gasteiger partial charge >= 0.3 is 12.0 Å². The molecule has 2 N–H and O–H groups in total. The van der Waals surface area contributed by atoms with E-state index in [1.54, 1.807) is 24.3 Å². The SMILES string of the molecule is COC(=O)CCNC(=O)Nc1ccccc1OC. The minimum absolute atomic E-state index is 0.135. The molecule has 0 aliphatic carbocycles. The van der Waals surface area contributed by atoms with Crippen molar-refractivity contribution in [2.45, 2.75) is 6.42 Å². The summed E-state index contributed by atoms with van der Waals surface area (Å²) in [6.45, 7) is 0.216. The van der Waals surface area contributed by atoms with Gasteiger partial charge in [-0.3, -0.25) is 4.79 Å². The van der Waals surface area contributed by atoms with E-state index in [1.165, 1.54) is 14.2 Å². The van der Waals surface area contributed by atoms with Gasteiger partial charge in [0.25, 0.3) is 0 Å². The normalized spacial score (nSPS) is 9.44. The molecule has 0 spiro atoms. The van der Waals surface area contributed by atoms with Crippen LogP contribution in [0.25, 0.3) is 0 Å². The topological polar surface area (TPSA) is 76.7 Å². The highest BCUT2D eigenvalue weighted by Crippen LogP contribution is 2.22. The van der Waals surface area contributed by atoms with Crippen LogP contribution in [0, 0.1) is 0 Å². The van der Waals surface area contributed by atoms with Crippen LogP contribution in [-0.2, 0) is 9.53 Å². The molecule has 0 aromatic heterocycles. The first-order valence-corrected chi connectivity index (χ1v) is 5.42. The first-order chi connectivity index (χ1) is 8.67. The van der Waals surface area contributed by atoms with Gasteiger partial charge in [-0.15, -0.1) is 0 Å². The van der Waals surface area contributed by atoms with Gasteiger partial charge in [0, 0.05) is 6.54 Å². The van der Waals surface area contributed by atoms with Gasteiger partial charge in [-0.1, -0.05) is 12.1 Å². The van der Waals surface area contributed by atoms with Gasteiger partial charge in [0.15, 0.2) is 0 Å². The first kappa shape index (κ1) is 13.8. The van der Waals surface area contributed by atoms with Crippen LogP contribution in [0.15, 0.2) is 24.3 Å². The maximum Gasteiger partial charge on any atom is 0.319 e. The molecule has 6 nitrogen and oxygen atoms in total. The van der Waals surface area contributed by atoms with E-state index in [2.05, 4.69) is 15.4 Å². The Morgan fingerprint density at radius 2 is 1.94 bits per heavy atom. The highest BCUT2D eigenvalue weighted by atomic mass is 16.5. The zero-order valence-electron chi connectivity index (χ0n) is 10.4. The molecular formula is C12H16N2O4. The van der Waals surface area contributed by atoms with E-state index in [4.69, 9.17) is 4.74 Å². The Kier molecular flexibility index (Phi) is 5.50. The Bertz CT molecular complexity index is 420. The summed E-state index contributed by atoms with van der Waals surface area (Å²) in [6.07, 6.45) is 0.135. The molecule has 2 amide bonds. The summed E-state index contributed by atoms with van der Waals surface area (Å²) in [6, 6.07) is 6.65. The van der Waals surface area contributed by atoms with Crippen LogP contribution < -0.4 is 15.4 Å². The van der Waals surface area contributed by atoms with E-state index in [1.807, 2.05) is 0 Å². The number of urea groups is 1. The molecule has 0 fully saturated rings. The molecule has 0 heterocycles. The second-order valence-corrected chi connectivity index (χ2v) is 3.41. The predicted octanol–water partition coefficient (Wildman–Crippen LogP) is 1.38. The summed E-state index contributed by atoms with van der Waals surface area (Å²) < 4.78 is 9.55. The average molecular weight is 252 g/mol. The molecule has 18 heavy (non-hydrogen) atoms. The quantitative estimate of drug-likeness (QED) is 0.776. The third-order valence-corrected chi connectivity index (χ3v) is 2.20. The minimum Gasteiger partial charge on any atom is -0.495 e. The van der Waals surface area contributed by atoms with Gasteiger partial charge in [-0.2, -0.15) is 0 Å². The number of rotatable bonds is 5. The number of benzene rings is 1. The fourth-order valence-corrected chi connectivity index (χ4v) is 1.29. The maximum atomic E-state index is 11.5. The van der Waals surface area contributed by atoms with E-state index in [0.29, 0.717) is 11.4 Å². The zero-order chi connectivity index (χ0) is 13.4. The molecule has 0 radical (unpaired) electrons. The largest absolute Gasteiger partial charge is 0.495 e. The first-order valence-electron chi connectivity index (χ1n) is 5.42. The molecule has 0 unspecified atom stereocenters. The van der Waals surface area contributed by atoms with Crippen LogP contribution >= 0.6 is 0 Å². The molecule has 0 atom stereocenters. The number of methoxy groups -OCH3 is 2. The maximum absolute atomic E-state index is 11.5. The molecule has 1 aromatic rings. The van der Waals surface area contributed by atoms with Crippen molar-refractivity contribution in [3.8, 4) is 5.75 Å². The molecular weight excluding hydrogens is 236 g/mol. The monoisotopic (exact) mass is 252 g/mol. The Balaban J connectivity index is 2.42.